The van der Waals surface area contributed by atoms with Crippen LogP contribution in [-0.2, 0) is 18.0 Å². The Labute approximate surface area is 187 Å². The van der Waals surface area contributed by atoms with Gasteiger partial charge in [0.05, 0.1) is 25.6 Å². The molecule has 0 spiro atoms. The fourth-order valence-corrected chi connectivity index (χ4v) is 2.98. The number of aromatic nitrogens is 3. The van der Waals surface area contributed by atoms with Crippen molar-refractivity contribution in [2.45, 2.75) is 6.18 Å². The second kappa shape index (κ2) is 8.88. The SMILES string of the molecule is COC(=O)c1nccc(OC)c1Oc1cc(-n2c(=O)cc(C(F)(F)F)n(C)c2=O)c(F)cc1N. The van der Waals surface area contributed by atoms with E-state index < -0.39 is 40.6 Å². The number of hydrogen-bond acceptors (Lipinski definition) is 8. The smallest absolute Gasteiger partial charge is 0.431 e. The van der Waals surface area contributed by atoms with E-state index in [1.807, 2.05) is 0 Å². The van der Waals surface area contributed by atoms with Gasteiger partial charge in [-0.05, 0) is 0 Å². The van der Waals surface area contributed by atoms with Crippen molar-refractivity contribution >= 4 is 11.7 Å². The molecule has 14 heteroatoms. The predicted molar refractivity (Wildman–Crippen MR) is 109 cm³/mol. The minimum absolute atomic E-state index is 0.00304. The molecule has 0 fully saturated rings. The number of nitrogens with zero attached hydrogens (tertiary/aromatic N) is 3. The van der Waals surface area contributed by atoms with Crippen LogP contribution in [0, 0.1) is 5.82 Å². The van der Waals surface area contributed by atoms with E-state index in [0.29, 0.717) is 6.07 Å². The summed E-state index contributed by atoms with van der Waals surface area (Å²) in [6, 6.07) is 2.98. The van der Waals surface area contributed by atoms with Crippen molar-refractivity contribution < 1.29 is 36.6 Å². The summed E-state index contributed by atoms with van der Waals surface area (Å²) in [6.07, 6.45) is -3.77. The van der Waals surface area contributed by atoms with Crippen LogP contribution in [0.1, 0.15) is 16.2 Å². The average Bonchev–Trinajstić information content (AvgIpc) is 2.77. The van der Waals surface area contributed by atoms with Crippen LogP contribution in [0.2, 0.25) is 0 Å². The van der Waals surface area contributed by atoms with Gasteiger partial charge in [-0.15, -0.1) is 0 Å². The van der Waals surface area contributed by atoms with Crippen LogP contribution in [0.15, 0.2) is 40.1 Å². The first-order chi connectivity index (χ1) is 15.9. The summed E-state index contributed by atoms with van der Waals surface area (Å²) < 4.78 is 69.7. The molecule has 0 bridgehead atoms. The molecule has 3 rings (SSSR count). The summed E-state index contributed by atoms with van der Waals surface area (Å²) >= 11 is 0. The zero-order valence-electron chi connectivity index (χ0n) is 17.8. The second-order valence-corrected chi connectivity index (χ2v) is 6.67. The average molecular weight is 484 g/mol. The van der Waals surface area contributed by atoms with E-state index in [2.05, 4.69) is 9.72 Å². The van der Waals surface area contributed by atoms with Crippen molar-refractivity contribution in [2.75, 3.05) is 20.0 Å². The van der Waals surface area contributed by atoms with Gasteiger partial charge in [0.2, 0.25) is 5.75 Å². The number of nitrogens with two attached hydrogens (primary N) is 1. The first-order valence-corrected chi connectivity index (χ1v) is 9.19. The predicted octanol–water partition coefficient (Wildman–Crippen LogP) is 2.26. The number of esters is 1. The van der Waals surface area contributed by atoms with Crippen LogP contribution < -0.4 is 26.5 Å². The number of ether oxygens (including phenoxy) is 3. The molecule has 0 amide bonds. The molecule has 0 unspecified atom stereocenters. The van der Waals surface area contributed by atoms with Crippen LogP contribution in [0.25, 0.3) is 5.69 Å². The molecule has 0 aliphatic carbocycles. The maximum absolute atomic E-state index is 14.7. The van der Waals surface area contributed by atoms with Crippen molar-refractivity contribution in [3.63, 3.8) is 0 Å². The lowest BCUT2D eigenvalue weighted by Crippen LogP contribution is -2.41. The Morgan fingerprint density at radius 1 is 1.12 bits per heavy atom. The van der Waals surface area contributed by atoms with Crippen LogP contribution in [-0.4, -0.2) is 34.3 Å². The summed E-state index contributed by atoms with van der Waals surface area (Å²) in [5.74, 6) is -2.75. The number of carbonyl (C=O) groups is 1. The van der Waals surface area contributed by atoms with Gasteiger partial charge in [-0.25, -0.2) is 23.5 Å². The standard InChI is InChI=1S/C20H16F4N4O6/c1-27-14(20(22,23)24)8-15(29)28(19(27)31)11-7-13(10(25)6-9(11)21)34-17-12(32-2)4-5-26-16(17)18(30)33-3/h4-8H,25H2,1-3H3. The summed E-state index contributed by atoms with van der Waals surface area (Å²) in [5.41, 5.74) is -0.0580. The number of carbonyl (C=O) groups excluding carboxylic acids is 1. The molecule has 10 nitrogen and oxygen atoms in total. The van der Waals surface area contributed by atoms with E-state index in [-0.39, 0.29) is 43.8 Å². The summed E-state index contributed by atoms with van der Waals surface area (Å²) in [4.78, 5) is 40.8. The highest BCUT2D eigenvalue weighted by Gasteiger charge is 2.35. The highest BCUT2D eigenvalue weighted by molar-refractivity contribution is 5.91. The number of pyridine rings is 1. The number of rotatable bonds is 5. The van der Waals surface area contributed by atoms with Crippen molar-refractivity contribution in [3.8, 4) is 22.9 Å². The van der Waals surface area contributed by atoms with Gasteiger partial charge in [0.25, 0.3) is 5.56 Å². The normalized spacial score (nSPS) is 11.3. The zero-order chi connectivity index (χ0) is 25.4. The molecule has 2 N–H and O–H groups in total. The molecule has 0 radical (unpaired) electrons. The molecule has 0 aliphatic rings. The fourth-order valence-electron chi connectivity index (χ4n) is 2.98. The first-order valence-electron chi connectivity index (χ1n) is 9.19. The van der Waals surface area contributed by atoms with Crippen LogP contribution in [0.4, 0.5) is 23.2 Å². The van der Waals surface area contributed by atoms with Crippen molar-refractivity contribution in [2.24, 2.45) is 7.05 Å². The monoisotopic (exact) mass is 484 g/mol. The molecular weight excluding hydrogens is 468 g/mol. The largest absolute Gasteiger partial charge is 0.493 e. The van der Waals surface area contributed by atoms with Gasteiger partial charge in [0, 0.05) is 37.5 Å². The third-order valence-electron chi connectivity index (χ3n) is 4.61. The van der Waals surface area contributed by atoms with Gasteiger partial charge in [0.15, 0.2) is 17.2 Å². The number of anilines is 1. The molecule has 0 saturated carbocycles. The van der Waals surface area contributed by atoms with Gasteiger partial charge in [-0.3, -0.25) is 9.36 Å². The number of hydrogen-bond donors (Lipinski definition) is 1. The summed E-state index contributed by atoms with van der Waals surface area (Å²) in [7, 11) is 3.12. The minimum atomic E-state index is -5.00. The molecule has 180 valence electrons. The summed E-state index contributed by atoms with van der Waals surface area (Å²) in [5, 5.41) is 0. The molecule has 2 aromatic heterocycles. The lowest BCUT2D eigenvalue weighted by Gasteiger charge is -2.17. The van der Waals surface area contributed by atoms with Gasteiger partial charge in [0.1, 0.15) is 11.5 Å². The zero-order valence-corrected chi connectivity index (χ0v) is 17.8. The Balaban J connectivity index is 2.23. The van der Waals surface area contributed by atoms with Crippen molar-refractivity contribution in [3.05, 3.63) is 68.5 Å². The maximum Gasteiger partial charge on any atom is 0.431 e. The van der Waals surface area contributed by atoms with E-state index in [1.54, 1.807) is 0 Å². The number of methoxy groups -OCH3 is 2. The van der Waals surface area contributed by atoms with Crippen LogP contribution in [0.3, 0.4) is 0 Å². The van der Waals surface area contributed by atoms with Crippen LogP contribution in [0.5, 0.6) is 17.2 Å². The second-order valence-electron chi connectivity index (χ2n) is 6.67. The van der Waals surface area contributed by atoms with E-state index >= 15 is 0 Å². The Bertz CT molecular complexity index is 1400. The van der Waals surface area contributed by atoms with Crippen molar-refractivity contribution in [1.82, 2.24) is 14.1 Å². The number of alkyl halides is 3. The fraction of sp³-hybridized carbons (Fsp3) is 0.200. The van der Waals surface area contributed by atoms with Crippen LogP contribution >= 0.6 is 0 Å². The molecule has 34 heavy (non-hydrogen) atoms. The maximum atomic E-state index is 14.7. The summed E-state index contributed by atoms with van der Waals surface area (Å²) in [6.45, 7) is 0. The lowest BCUT2D eigenvalue weighted by molar-refractivity contribution is -0.144. The van der Waals surface area contributed by atoms with Gasteiger partial charge in [-0.1, -0.05) is 0 Å². The number of halogens is 4. The third-order valence-corrected chi connectivity index (χ3v) is 4.61. The van der Waals surface area contributed by atoms with E-state index in [1.165, 1.54) is 19.4 Å². The first kappa shape index (κ1) is 24.3. The highest BCUT2D eigenvalue weighted by Crippen LogP contribution is 2.38. The van der Waals surface area contributed by atoms with Gasteiger partial charge >= 0.3 is 17.8 Å². The molecule has 3 aromatic rings. The highest BCUT2D eigenvalue weighted by atomic mass is 19.4. The Kier molecular flexibility index (Phi) is 6.34. The topological polar surface area (TPSA) is 128 Å². The molecule has 0 atom stereocenters. The van der Waals surface area contributed by atoms with E-state index in [0.717, 1.165) is 20.2 Å². The Hall–Kier alpha value is -4.36. The molecule has 0 saturated heterocycles. The molecule has 0 aliphatic heterocycles. The molecular formula is C20H16F4N4O6. The quantitative estimate of drug-likeness (QED) is 0.332. The minimum Gasteiger partial charge on any atom is -0.493 e. The van der Waals surface area contributed by atoms with E-state index in [4.69, 9.17) is 15.2 Å². The number of nitrogen functional groups attached to an aromatic ring is 1. The Morgan fingerprint density at radius 3 is 2.38 bits per heavy atom. The van der Waals surface area contributed by atoms with E-state index in [9.17, 15) is 31.9 Å². The van der Waals surface area contributed by atoms with Gasteiger partial charge in [-0.2, -0.15) is 13.2 Å². The molecule has 2 heterocycles. The number of benzene rings is 1. The van der Waals surface area contributed by atoms with Crippen molar-refractivity contribution in [1.29, 1.82) is 0 Å². The molecule has 1 aromatic carbocycles. The third kappa shape index (κ3) is 4.29. The Morgan fingerprint density at radius 2 is 1.79 bits per heavy atom. The van der Waals surface area contributed by atoms with Gasteiger partial charge < -0.3 is 19.9 Å². The lowest BCUT2D eigenvalue weighted by atomic mass is 10.2.